The van der Waals surface area contributed by atoms with Crippen LogP contribution in [0.4, 0.5) is 5.69 Å². The normalized spacial score (nSPS) is 16.1. The SMILES string of the molecule is CCOc1ccc(N2C(=O)/C(=C\c3ccc(O[C@@H](C)C(=O)[O-])cc3)C(=O)NC2=S)cc1. The smallest absolute Gasteiger partial charge is 0.270 e. The van der Waals surface area contributed by atoms with Gasteiger partial charge in [0.05, 0.1) is 18.3 Å². The molecule has 1 aliphatic rings. The fourth-order valence-electron chi connectivity index (χ4n) is 2.81. The molecule has 3 rings (SSSR count). The van der Waals surface area contributed by atoms with Crippen molar-refractivity contribution in [1.29, 1.82) is 0 Å². The molecule has 0 spiro atoms. The van der Waals surface area contributed by atoms with E-state index in [1.807, 2.05) is 6.92 Å². The number of anilines is 1. The molecule has 1 N–H and O–H groups in total. The van der Waals surface area contributed by atoms with Crippen molar-refractivity contribution in [3.8, 4) is 11.5 Å². The number of nitrogens with zero attached hydrogens (tertiary/aromatic N) is 1. The van der Waals surface area contributed by atoms with E-state index in [-0.39, 0.29) is 10.7 Å². The molecule has 0 bridgehead atoms. The fraction of sp³-hybridized carbons (Fsp3) is 0.182. The molecule has 2 aromatic carbocycles. The monoisotopic (exact) mass is 439 g/mol. The molecule has 160 valence electrons. The number of carbonyl (C=O) groups excluding carboxylic acids is 3. The molecule has 8 nitrogen and oxygen atoms in total. The van der Waals surface area contributed by atoms with Crippen LogP contribution in [0.25, 0.3) is 6.08 Å². The average molecular weight is 439 g/mol. The lowest BCUT2D eigenvalue weighted by molar-refractivity contribution is -0.312. The van der Waals surface area contributed by atoms with Crippen molar-refractivity contribution in [1.82, 2.24) is 5.32 Å². The maximum absolute atomic E-state index is 13.0. The third-order valence-corrected chi connectivity index (χ3v) is 4.63. The highest BCUT2D eigenvalue weighted by atomic mass is 32.1. The van der Waals surface area contributed by atoms with E-state index in [0.717, 1.165) is 0 Å². The highest BCUT2D eigenvalue weighted by Crippen LogP contribution is 2.25. The number of hydrogen-bond acceptors (Lipinski definition) is 7. The van der Waals surface area contributed by atoms with E-state index in [1.165, 1.54) is 30.0 Å². The third kappa shape index (κ3) is 5.07. The van der Waals surface area contributed by atoms with Crippen LogP contribution in [0.5, 0.6) is 11.5 Å². The van der Waals surface area contributed by atoms with E-state index in [0.29, 0.717) is 29.4 Å². The van der Waals surface area contributed by atoms with E-state index in [2.05, 4.69) is 5.32 Å². The lowest BCUT2D eigenvalue weighted by atomic mass is 10.1. The summed E-state index contributed by atoms with van der Waals surface area (Å²) in [6.45, 7) is 3.74. The zero-order valence-corrected chi connectivity index (χ0v) is 17.6. The molecule has 31 heavy (non-hydrogen) atoms. The Morgan fingerprint density at radius 3 is 2.32 bits per heavy atom. The van der Waals surface area contributed by atoms with Crippen molar-refractivity contribution in [2.24, 2.45) is 0 Å². The first-order valence-electron chi connectivity index (χ1n) is 9.42. The number of hydrogen-bond donors (Lipinski definition) is 1. The Bertz CT molecular complexity index is 1050. The number of carboxylic acids is 1. The van der Waals surface area contributed by atoms with Crippen molar-refractivity contribution < 1.29 is 29.0 Å². The molecule has 1 aliphatic heterocycles. The highest BCUT2D eigenvalue weighted by Gasteiger charge is 2.34. The molecule has 2 aromatic rings. The largest absolute Gasteiger partial charge is 0.546 e. The van der Waals surface area contributed by atoms with Gasteiger partial charge in [0, 0.05) is 0 Å². The molecule has 1 fully saturated rings. The van der Waals surface area contributed by atoms with Crippen LogP contribution in [0.3, 0.4) is 0 Å². The number of aliphatic carboxylic acids is 1. The summed E-state index contributed by atoms with van der Waals surface area (Å²) in [7, 11) is 0. The molecule has 1 heterocycles. The average Bonchev–Trinajstić information content (AvgIpc) is 2.73. The van der Waals surface area contributed by atoms with Gasteiger partial charge in [-0.1, -0.05) is 12.1 Å². The summed E-state index contributed by atoms with van der Waals surface area (Å²) in [5.74, 6) is -1.54. The van der Waals surface area contributed by atoms with Crippen LogP contribution < -0.4 is 24.8 Å². The minimum absolute atomic E-state index is 0.0173. The van der Waals surface area contributed by atoms with Crippen molar-refractivity contribution in [3.63, 3.8) is 0 Å². The topological polar surface area (TPSA) is 108 Å². The number of benzene rings is 2. The number of nitrogens with one attached hydrogen (secondary N) is 1. The summed E-state index contributed by atoms with van der Waals surface area (Å²) >= 11 is 5.19. The van der Waals surface area contributed by atoms with Gasteiger partial charge in [-0.15, -0.1) is 0 Å². The molecule has 0 aliphatic carbocycles. The fourth-order valence-corrected chi connectivity index (χ4v) is 3.09. The summed E-state index contributed by atoms with van der Waals surface area (Å²) in [5, 5.41) is 13.3. The predicted molar refractivity (Wildman–Crippen MR) is 115 cm³/mol. The molecule has 0 unspecified atom stereocenters. The first-order chi connectivity index (χ1) is 14.8. The van der Waals surface area contributed by atoms with E-state index in [1.54, 1.807) is 36.4 Å². The third-order valence-electron chi connectivity index (χ3n) is 4.34. The molecule has 1 atom stereocenters. The molecule has 9 heteroatoms. The Labute approximate surface area is 184 Å². The molecule has 0 saturated carbocycles. The number of rotatable bonds is 7. The number of carboxylic acid groups (broad SMARTS) is 1. The van der Waals surface area contributed by atoms with Crippen LogP contribution in [0, 0.1) is 0 Å². The van der Waals surface area contributed by atoms with Gasteiger partial charge >= 0.3 is 0 Å². The van der Waals surface area contributed by atoms with E-state index >= 15 is 0 Å². The van der Waals surface area contributed by atoms with Gasteiger partial charge in [0.2, 0.25) is 0 Å². The molecule has 2 amide bonds. The summed E-state index contributed by atoms with van der Waals surface area (Å²) < 4.78 is 10.6. The van der Waals surface area contributed by atoms with Gasteiger partial charge in [0.1, 0.15) is 23.2 Å². The Morgan fingerprint density at radius 2 is 1.74 bits per heavy atom. The summed E-state index contributed by atoms with van der Waals surface area (Å²) in [4.78, 5) is 37.4. The molecular weight excluding hydrogens is 420 g/mol. The van der Waals surface area contributed by atoms with Gasteiger partial charge in [-0.3, -0.25) is 19.8 Å². The zero-order chi connectivity index (χ0) is 22.5. The van der Waals surface area contributed by atoms with Crippen LogP contribution in [0.1, 0.15) is 19.4 Å². The second kappa shape index (κ2) is 9.40. The van der Waals surface area contributed by atoms with Crippen LogP contribution in [-0.2, 0) is 14.4 Å². The molecular formula is C22H19N2O6S-. The second-order valence-electron chi connectivity index (χ2n) is 6.53. The van der Waals surface area contributed by atoms with Gasteiger partial charge in [-0.2, -0.15) is 0 Å². The van der Waals surface area contributed by atoms with Crippen molar-refractivity contribution in [2.75, 3.05) is 11.5 Å². The van der Waals surface area contributed by atoms with E-state index < -0.39 is 23.9 Å². The van der Waals surface area contributed by atoms with E-state index in [9.17, 15) is 19.5 Å². The van der Waals surface area contributed by atoms with Crippen molar-refractivity contribution in [2.45, 2.75) is 20.0 Å². The number of ether oxygens (including phenoxy) is 2. The Hall–Kier alpha value is -3.72. The molecule has 0 radical (unpaired) electrons. The first-order valence-corrected chi connectivity index (χ1v) is 9.83. The number of thiocarbonyl (C=S) groups is 1. The lowest BCUT2D eigenvalue weighted by Gasteiger charge is -2.29. The van der Waals surface area contributed by atoms with E-state index in [4.69, 9.17) is 21.7 Å². The zero-order valence-electron chi connectivity index (χ0n) is 16.8. The van der Waals surface area contributed by atoms with Gasteiger partial charge in [0.25, 0.3) is 11.8 Å². The van der Waals surface area contributed by atoms with Gasteiger partial charge in [0.15, 0.2) is 5.11 Å². The minimum Gasteiger partial charge on any atom is -0.546 e. The minimum atomic E-state index is -1.33. The number of amides is 2. The first kappa shape index (κ1) is 22.0. The summed E-state index contributed by atoms with van der Waals surface area (Å²) in [6, 6.07) is 13.0. The molecule has 1 saturated heterocycles. The highest BCUT2D eigenvalue weighted by molar-refractivity contribution is 7.80. The maximum Gasteiger partial charge on any atom is 0.270 e. The predicted octanol–water partition coefficient (Wildman–Crippen LogP) is 1.43. The van der Waals surface area contributed by atoms with Gasteiger partial charge in [-0.25, -0.2) is 0 Å². The van der Waals surface area contributed by atoms with Crippen molar-refractivity contribution >= 4 is 46.9 Å². The summed E-state index contributed by atoms with van der Waals surface area (Å²) in [6.07, 6.45) is 0.311. The van der Waals surface area contributed by atoms with Crippen LogP contribution in [-0.4, -0.2) is 35.6 Å². The maximum atomic E-state index is 13.0. The quantitative estimate of drug-likeness (QED) is 0.395. The lowest BCUT2D eigenvalue weighted by Crippen LogP contribution is -2.54. The second-order valence-corrected chi connectivity index (χ2v) is 6.92. The standard InChI is InChI=1S/C22H20N2O6S/c1-3-29-16-10-6-15(7-11-16)24-20(26)18(19(25)23-22(24)31)12-14-4-8-17(9-5-14)30-13(2)21(27)28/h4-13H,3H2,1-2H3,(H,27,28)(H,23,25,31)/p-1/b18-12-/t13-/m0/s1. The Morgan fingerprint density at radius 1 is 1.13 bits per heavy atom. The summed E-state index contributed by atoms with van der Waals surface area (Å²) in [5.41, 5.74) is 0.940. The van der Waals surface area contributed by atoms with Crippen LogP contribution >= 0.6 is 12.2 Å². The van der Waals surface area contributed by atoms with Gasteiger partial charge < -0.3 is 19.4 Å². The van der Waals surface area contributed by atoms with Crippen LogP contribution in [0.2, 0.25) is 0 Å². The Kier molecular flexibility index (Phi) is 6.66. The van der Waals surface area contributed by atoms with Crippen molar-refractivity contribution in [3.05, 3.63) is 59.7 Å². The van der Waals surface area contributed by atoms with Gasteiger partial charge in [-0.05, 0) is 74.1 Å². The molecule has 0 aromatic heterocycles. The van der Waals surface area contributed by atoms with Crippen LogP contribution in [0.15, 0.2) is 54.1 Å². The Balaban J connectivity index is 1.84. The number of carbonyl (C=O) groups is 3.